The van der Waals surface area contributed by atoms with Gasteiger partial charge in [-0.2, -0.15) is 4.91 Å². The lowest BCUT2D eigenvalue weighted by molar-refractivity contribution is -0.273. The Morgan fingerprint density at radius 1 is 1.43 bits per heavy atom. The van der Waals surface area contributed by atoms with Gasteiger partial charge in [-0.05, 0) is 0 Å². The number of aliphatic hydroxyl groups is 2. The number of methoxy groups -OCH3 is 1. The molecule has 0 radical (unpaired) electrons. The van der Waals surface area contributed by atoms with E-state index in [-0.39, 0.29) is 12.5 Å². The maximum atomic E-state index is 10.1. The minimum absolute atomic E-state index is 0.0508. The molecule has 5 unspecified atom stereocenters. The van der Waals surface area contributed by atoms with Gasteiger partial charge >= 0.3 is 0 Å². The molecule has 0 aromatic carbocycles. The normalized spacial score (nSPS) is 43.6. The summed E-state index contributed by atoms with van der Waals surface area (Å²) in [5, 5.41) is 21.8. The van der Waals surface area contributed by atoms with Gasteiger partial charge in [-0.25, -0.2) is 0 Å². The third-order valence-electron chi connectivity index (χ3n) is 2.55. The number of hydrogen-bond donors (Lipinski definition) is 2. The summed E-state index contributed by atoms with van der Waals surface area (Å²) in [6.45, 7) is 1.64. The van der Waals surface area contributed by atoms with Gasteiger partial charge in [-0.1, -0.05) is 12.1 Å². The van der Waals surface area contributed by atoms with E-state index in [1.165, 1.54) is 7.11 Å². The second-order valence-electron chi connectivity index (χ2n) is 3.43. The largest absolute Gasteiger partial charge is 0.390 e. The number of ether oxygens (including phenoxy) is 2. The second kappa shape index (κ2) is 4.79. The van der Waals surface area contributed by atoms with Gasteiger partial charge in [-0.15, -0.1) is 0 Å². The highest BCUT2D eigenvalue weighted by Crippen LogP contribution is 2.26. The van der Waals surface area contributed by atoms with Crippen molar-refractivity contribution >= 4 is 0 Å². The summed E-state index contributed by atoms with van der Waals surface area (Å²) in [5.41, 5.74) is 0. The van der Waals surface area contributed by atoms with Gasteiger partial charge < -0.3 is 19.7 Å². The Labute approximate surface area is 81.8 Å². The Kier molecular flexibility index (Phi) is 3.94. The molecule has 1 saturated heterocycles. The first-order valence-corrected chi connectivity index (χ1v) is 4.45. The summed E-state index contributed by atoms with van der Waals surface area (Å²) in [6.07, 6.45) is -3.44. The van der Waals surface area contributed by atoms with Gasteiger partial charge in [0.1, 0.15) is 12.6 Å². The van der Waals surface area contributed by atoms with Crippen LogP contribution >= 0.6 is 0 Å². The average Bonchev–Trinajstić information content (AvgIpc) is 2.19. The van der Waals surface area contributed by atoms with E-state index in [2.05, 4.69) is 5.18 Å². The minimum Gasteiger partial charge on any atom is -0.390 e. The molecule has 1 rings (SSSR count). The fourth-order valence-electron chi connectivity index (χ4n) is 1.55. The fraction of sp³-hybridized carbons (Fsp3) is 1.00. The van der Waals surface area contributed by atoms with Crippen LogP contribution < -0.4 is 0 Å². The summed E-state index contributed by atoms with van der Waals surface area (Å²) < 4.78 is 10.1. The molecule has 1 aliphatic rings. The summed E-state index contributed by atoms with van der Waals surface area (Å²) in [7, 11) is 1.36. The summed E-state index contributed by atoms with van der Waals surface area (Å²) >= 11 is 0. The molecule has 1 aliphatic heterocycles. The lowest BCUT2D eigenvalue weighted by atomic mass is 9.91. The van der Waals surface area contributed by atoms with Crippen molar-refractivity contribution in [2.24, 2.45) is 11.1 Å². The Hall–Kier alpha value is -0.560. The topological polar surface area (TPSA) is 88.4 Å². The Morgan fingerprint density at radius 3 is 2.57 bits per heavy atom. The van der Waals surface area contributed by atoms with Crippen LogP contribution in [0.2, 0.25) is 0 Å². The summed E-state index contributed by atoms with van der Waals surface area (Å²) in [4.78, 5) is 10.1. The van der Waals surface area contributed by atoms with Gasteiger partial charge in [0, 0.05) is 13.0 Å². The molecule has 0 bridgehead atoms. The molecule has 1 heterocycles. The molecule has 6 heteroatoms. The third kappa shape index (κ3) is 2.09. The number of rotatable bonds is 3. The van der Waals surface area contributed by atoms with E-state index in [1.54, 1.807) is 6.92 Å². The molecule has 2 N–H and O–H groups in total. The van der Waals surface area contributed by atoms with Crippen molar-refractivity contribution in [3.05, 3.63) is 4.91 Å². The highest BCUT2D eigenvalue weighted by molar-refractivity contribution is 4.87. The quantitative estimate of drug-likeness (QED) is 0.605. The monoisotopic (exact) mass is 205 g/mol. The third-order valence-corrected chi connectivity index (χ3v) is 2.55. The predicted molar refractivity (Wildman–Crippen MR) is 47.5 cm³/mol. The highest BCUT2D eigenvalue weighted by atomic mass is 16.7. The lowest BCUT2D eigenvalue weighted by Crippen LogP contribution is -2.54. The van der Waals surface area contributed by atoms with Crippen LogP contribution in [-0.4, -0.2) is 48.5 Å². The van der Waals surface area contributed by atoms with Crippen molar-refractivity contribution in [3.8, 4) is 0 Å². The average molecular weight is 205 g/mol. The molecule has 1 fully saturated rings. The fourth-order valence-corrected chi connectivity index (χ4v) is 1.55. The van der Waals surface area contributed by atoms with Gasteiger partial charge in [0.15, 0.2) is 6.29 Å². The van der Waals surface area contributed by atoms with Gasteiger partial charge in [0.05, 0.1) is 12.2 Å². The molecule has 14 heavy (non-hydrogen) atoms. The molecule has 0 aromatic rings. The van der Waals surface area contributed by atoms with Crippen LogP contribution in [0.15, 0.2) is 5.18 Å². The lowest BCUT2D eigenvalue weighted by Gasteiger charge is -2.39. The smallest absolute Gasteiger partial charge is 0.186 e. The molecule has 82 valence electrons. The van der Waals surface area contributed by atoms with Gasteiger partial charge in [0.2, 0.25) is 0 Å². The van der Waals surface area contributed by atoms with Gasteiger partial charge in [0.25, 0.3) is 0 Å². The van der Waals surface area contributed by atoms with Crippen molar-refractivity contribution in [2.45, 2.75) is 31.5 Å². The first-order chi connectivity index (χ1) is 6.61. The van der Waals surface area contributed by atoms with Crippen LogP contribution in [0, 0.1) is 10.8 Å². The van der Waals surface area contributed by atoms with E-state index < -0.39 is 24.6 Å². The van der Waals surface area contributed by atoms with Crippen LogP contribution in [0.1, 0.15) is 6.92 Å². The Balaban J connectivity index is 2.67. The number of hydrogen-bond acceptors (Lipinski definition) is 6. The van der Waals surface area contributed by atoms with E-state index in [0.717, 1.165) is 0 Å². The van der Waals surface area contributed by atoms with E-state index in [9.17, 15) is 15.1 Å². The first kappa shape index (κ1) is 11.5. The van der Waals surface area contributed by atoms with Crippen LogP contribution in [0.5, 0.6) is 0 Å². The van der Waals surface area contributed by atoms with E-state index in [4.69, 9.17) is 9.47 Å². The molecular formula is C8H15NO5. The molecule has 6 nitrogen and oxygen atoms in total. The van der Waals surface area contributed by atoms with E-state index >= 15 is 0 Å². The SMILES string of the molecule is COC1OC(CN=O)C(C)C(O)C1O. The van der Waals surface area contributed by atoms with Gasteiger partial charge in [-0.3, -0.25) is 0 Å². The maximum Gasteiger partial charge on any atom is 0.186 e. The molecule has 0 aliphatic carbocycles. The van der Waals surface area contributed by atoms with Crippen LogP contribution in [-0.2, 0) is 9.47 Å². The zero-order valence-corrected chi connectivity index (χ0v) is 8.16. The Bertz CT molecular complexity index is 198. The van der Waals surface area contributed by atoms with Crippen molar-refractivity contribution in [1.82, 2.24) is 0 Å². The standard InChI is InChI=1S/C8H15NO5/c1-4-5(3-9-12)14-8(13-2)7(11)6(4)10/h4-8,10-11H,3H2,1-2H3. The van der Waals surface area contributed by atoms with Crippen molar-refractivity contribution in [1.29, 1.82) is 0 Å². The second-order valence-corrected chi connectivity index (χ2v) is 3.43. The molecule has 0 saturated carbocycles. The van der Waals surface area contributed by atoms with E-state index in [1.807, 2.05) is 0 Å². The predicted octanol–water partition coefficient (Wildman–Crippen LogP) is -0.518. The number of nitrogens with zero attached hydrogens (tertiary/aromatic N) is 1. The molecule has 0 spiro atoms. The minimum atomic E-state index is -1.09. The van der Waals surface area contributed by atoms with Crippen molar-refractivity contribution in [3.63, 3.8) is 0 Å². The molecule has 5 atom stereocenters. The summed E-state index contributed by atoms with van der Waals surface area (Å²) in [6, 6.07) is 0. The first-order valence-electron chi connectivity index (χ1n) is 4.45. The Morgan fingerprint density at radius 2 is 2.07 bits per heavy atom. The number of aliphatic hydroxyl groups excluding tert-OH is 2. The zero-order chi connectivity index (χ0) is 10.7. The summed E-state index contributed by atoms with van der Waals surface area (Å²) in [5.74, 6) is -0.339. The zero-order valence-electron chi connectivity index (χ0n) is 8.16. The molecular weight excluding hydrogens is 190 g/mol. The van der Waals surface area contributed by atoms with E-state index in [0.29, 0.717) is 0 Å². The van der Waals surface area contributed by atoms with Crippen LogP contribution in [0.4, 0.5) is 0 Å². The molecule has 0 aromatic heterocycles. The van der Waals surface area contributed by atoms with Crippen molar-refractivity contribution < 1.29 is 19.7 Å². The molecule has 0 amide bonds. The van der Waals surface area contributed by atoms with Crippen LogP contribution in [0.25, 0.3) is 0 Å². The highest BCUT2D eigenvalue weighted by Gasteiger charge is 2.42. The van der Waals surface area contributed by atoms with Crippen molar-refractivity contribution in [2.75, 3.05) is 13.7 Å². The van der Waals surface area contributed by atoms with Crippen LogP contribution in [0.3, 0.4) is 0 Å². The maximum absolute atomic E-state index is 10.1. The number of nitroso groups, excluding NO2 is 1.